The lowest BCUT2D eigenvalue weighted by Crippen LogP contribution is -2.40. The van der Waals surface area contributed by atoms with E-state index in [0.717, 1.165) is 5.56 Å². The predicted octanol–water partition coefficient (Wildman–Crippen LogP) is 1.64. The number of hydrogen-bond acceptors (Lipinski definition) is 4. The molecule has 0 aliphatic carbocycles. The summed E-state index contributed by atoms with van der Waals surface area (Å²) >= 11 is 0. The normalized spacial score (nSPS) is 27.4. The van der Waals surface area contributed by atoms with Gasteiger partial charge in [-0.15, -0.1) is 0 Å². The van der Waals surface area contributed by atoms with Crippen molar-refractivity contribution in [2.75, 3.05) is 39.4 Å². The van der Waals surface area contributed by atoms with Crippen LogP contribution in [0.15, 0.2) is 29.2 Å². The summed E-state index contributed by atoms with van der Waals surface area (Å²) in [6, 6.07) is 6.98. The van der Waals surface area contributed by atoms with Crippen molar-refractivity contribution in [3.8, 4) is 0 Å². The molecule has 0 spiro atoms. The summed E-state index contributed by atoms with van der Waals surface area (Å²) in [5, 5.41) is 0. The SMILES string of the molecule is CC1(F)CCN(Cc2cccc(S(=O)(=O)N3CCOCC3)c2)C1. The molecule has 1 aromatic rings. The van der Waals surface area contributed by atoms with Crippen LogP contribution in [0, 0.1) is 0 Å². The van der Waals surface area contributed by atoms with Crippen molar-refractivity contribution < 1.29 is 17.5 Å². The number of likely N-dealkylation sites (tertiary alicyclic amines) is 1. The largest absolute Gasteiger partial charge is 0.379 e. The molecule has 23 heavy (non-hydrogen) atoms. The van der Waals surface area contributed by atoms with Gasteiger partial charge in [0.25, 0.3) is 0 Å². The summed E-state index contributed by atoms with van der Waals surface area (Å²) in [6.07, 6.45) is 0.527. The Morgan fingerprint density at radius 2 is 2.00 bits per heavy atom. The Labute approximate surface area is 137 Å². The van der Waals surface area contributed by atoms with Crippen molar-refractivity contribution in [2.45, 2.75) is 30.5 Å². The minimum absolute atomic E-state index is 0.305. The first-order chi connectivity index (χ1) is 10.9. The molecule has 0 radical (unpaired) electrons. The zero-order chi connectivity index (χ0) is 16.5. The summed E-state index contributed by atoms with van der Waals surface area (Å²) in [4.78, 5) is 2.33. The standard InChI is InChI=1S/C16H23FN2O3S/c1-16(17)5-6-18(13-16)12-14-3-2-4-15(11-14)23(20,21)19-7-9-22-10-8-19/h2-4,11H,5-10,12-13H2,1H3. The number of benzene rings is 1. The Morgan fingerprint density at radius 3 is 2.65 bits per heavy atom. The molecular weight excluding hydrogens is 319 g/mol. The molecule has 7 heteroatoms. The highest BCUT2D eigenvalue weighted by Crippen LogP contribution is 2.26. The number of morpholine rings is 1. The van der Waals surface area contributed by atoms with Crippen LogP contribution in [0.5, 0.6) is 0 Å². The fourth-order valence-electron chi connectivity index (χ4n) is 3.15. The Bertz CT molecular complexity index is 657. The summed E-state index contributed by atoms with van der Waals surface area (Å²) in [5.41, 5.74) is -0.241. The van der Waals surface area contributed by atoms with Gasteiger partial charge < -0.3 is 4.74 Å². The van der Waals surface area contributed by atoms with Crippen LogP contribution >= 0.6 is 0 Å². The highest BCUT2D eigenvalue weighted by molar-refractivity contribution is 7.89. The third-order valence-corrected chi connectivity index (χ3v) is 6.31. The maximum Gasteiger partial charge on any atom is 0.243 e. The van der Waals surface area contributed by atoms with E-state index >= 15 is 0 Å². The van der Waals surface area contributed by atoms with E-state index < -0.39 is 15.7 Å². The lowest BCUT2D eigenvalue weighted by atomic mass is 10.1. The second-order valence-corrected chi connectivity index (χ2v) is 8.48. The predicted molar refractivity (Wildman–Crippen MR) is 85.4 cm³/mol. The number of ether oxygens (including phenoxy) is 1. The Kier molecular flexibility index (Phi) is 4.73. The maximum atomic E-state index is 13.9. The van der Waals surface area contributed by atoms with E-state index in [4.69, 9.17) is 4.74 Å². The number of rotatable bonds is 4. The Morgan fingerprint density at radius 1 is 1.26 bits per heavy atom. The molecule has 1 unspecified atom stereocenters. The Balaban J connectivity index is 1.74. The van der Waals surface area contributed by atoms with Crippen LogP contribution in [-0.4, -0.2) is 62.7 Å². The molecule has 2 fully saturated rings. The van der Waals surface area contributed by atoms with Crippen LogP contribution in [0.1, 0.15) is 18.9 Å². The van der Waals surface area contributed by atoms with E-state index in [-0.39, 0.29) is 0 Å². The van der Waals surface area contributed by atoms with Crippen molar-refractivity contribution in [3.63, 3.8) is 0 Å². The lowest BCUT2D eigenvalue weighted by molar-refractivity contribution is 0.0730. The molecular formula is C16H23FN2O3S. The van der Waals surface area contributed by atoms with Gasteiger partial charge >= 0.3 is 0 Å². The molecule has 3 rings (SSSR count). The summed E-state index contributed by atoms with van der Waals surface area (Å²) < 4.78 is 45.9. The van der Waals surface area contributed by atoms with E-state index in [2.05, 4.69) is 0 Å². The van der Waals surface area contributed by atoms with Gasteiger partial charge in [-0.2, -0.15) is 4.31 Å². The highest BCUT2D eigenvalue weighted by Gasteiger charge is 2.33. The average molecular weight is 342 g/mol. The van der Waals surface area contributed by atoms with E-state index in [1.54, 1.807) is 25.1 Å². The number of sulfonamides is 1. The van der Waals surface area contributed by atoms with Gasteiger partial charge in [-0.3, -0.25) is 4.90 Å². The van der Waals surface area contributed by atoms with Gasteiger partial charge in [-0.25, -0.2) is 12.8 Å². The smallest absolute Gasteiger partial charge is 0.243 e. The quantitative estimate of drug-likeness (QED) is 0.835. The van der Waals surface area contributed by atoms with Gasteiger partial charge in [-0.1, -0.05) is 12.1 Å². The molecule has 0 bridgehead atoms. The van der Waals surface area contributed by atoms with Crippen molar-refractivity contribution in [1.82, 2.24) is 9.21 Å². The van der Waals surface area contributed by atoms with Gasteiger partial charge in [0.1, 0.15) is 5.67 Å². The van der Waals surface area contributed by atoms with Crippen molar-refractivity contribution in [1.29, 1.82) is 0 Å². The number of nitrogens with zero attached hydrogens (tertiary/aromatic N) is 2. The molecule has 2 heterocycles. The summed E-state index contributed by atoms with van der Waals surface area (Å²) in [7, 11) is -3.48. The molecule has 1 aromatic carbocycles. The van der Waals surface area contributed by atoms with Gasteiger partial charge in [0.15, 0.2) is 0 Å². The van der Waals surface area contributed by atoms with Crippen LogP contribution in [-0.2, 0) is 21.3 Å². The lowest BCUT2D eigenvalue weighted by Gasteiger charge is -2.26. The zero-order valence-corrected chi connectivity index (χ0v) is 14.2. The van der Waals surface area contributed by atoms with Crippen LogP contribution in [0.3, 0.4) is 0 Å². The third-order valence-electron chi connectivity index (χ3n) is 4.42. The molecule has 2 aliphatic heterocycles. The molecule has 0 aromatic heterocycles. The molecule has 2 aliphatic rings. The van der Waals surface area contributed by atoms with Crippen LogP contribution < -0.4 is 0 Å². The molecule has 2 saturated heterocycles. The first-order valence-corrected chi connectivity index (χ1v) is 9.39. The van der Waals surface area contributed by atoms with Gasteiger partial charge in [-0.05, 0) is 31.0 Å². The zero-order valence-electron chi connectivity index (χ0n) is 13.4. The second kappa shape index (κ2) is 6.47. The number of halogens is 1. The molecule has 5 nitrogen and oxygen atoms in total. The highest BCUT2D eigenvalue weighted by atomic mass is 32.2. The van der Waals surface area contributed by atoms with E-state index in [1.165, 1.54) is 4.31 Å². The van der Waals surface area contributed by atoms with E-state index in [9.17, 15) is 12.8 Å². The summed E-state index contributed by atoms with van der Waals surface area (Å²) in [6.45, 7) is 4.93. The number of alkyl halides is 1. The van der Waals surface area contributed by atoms with Crippen LogP contribution in [0.2, 0.25) is 0 Å². The van der Waals surface area contributed by atoms with Crippen molar-refractivity contribution >= 4 is 10.0 Å². The van der Waals surface area contributed by atoms with Crippen LogP contribution in [0.25, 0.3) is 0 Å². The van der Waals surface area contributed by atoms with Gasteiger partial charge in [0.2, 0.25) is 10.0 Å². The summed E-state index contributed by atoms with van der Waals surface area (Å²) in [5.74, 6) is 0. The van der Waals surface area contributed by atoms with Crippen molar-refractivity contribution in [3.05, 3.63) is 29.8 Å². The number of hydrogen-bond donors (Lipinski definition) is 0. The van der Waals surface area contributed by atoms with E-state index in [1.807, 2.05) is 11.0 Å². The monoisotopic (exact) mass is 342 g/mol. The topological polar surface area (TPSA) is 49.9 Å². The average Bonchev–Trinajstić information content (AvgIpc) is 2.87. The van der Waals surface area contributed by atoms with E-state index in [0.29, 0.717) is 57.3 Å². The van der Waals surface area contributed by atoms with Crippen molar-refractivity contribution in [2.24, 2.45) is 0 Å². The first kappa shape index (κ1) is 16.8. The molecule has 0 saturated carbocycles. The minimum atomic E-state index is -3.48. The Hall–Kier alpha value is -1.02. The van der Waals surface area contributed by atoms with Gasteiger partial charge in [0.05, 0.1) is 18.1 Å². The minimum Gasteiger partial charge on any atom is -0.379 e. The maximum absolute atomic E-state index is 13.9. The molecule has 128 valence electrons. The third kappa shape index (κ3) is 3.91. The molecule has 0 N–H and O–H groups in total. The van der Waals surface area contributed by atoms with Gasteiger partial charge in [0, 0.05) is 32.7 Å². The molecule has 1 atom stereocenters. The first-order valence-electron chi connectivity index (χ1n) is 7.95. The fraction of sp³-hybridized carbons (Fsp3) is 0.625. The van der Waals surface area contributed by atoms with Crippen LogP contribution in [0.4, 0.5) is 4.39 Å². The second-order valence-electron chi connectivity index (χ2n) is 6.54. The molecule has 0 amide bonds. The fourth-order valence-corrected chi connectivity index (χ4v) is 4.63.